The molecule has 1 aromatic rings. The van der Waals surface area contributed by atoms with Gasteiger partial charge in [0.05, 0.1) is 6.04 Å². The molecule has 20 heavy (non-hydrogen) atoms. The van der Waals surface area contributed by atoms with Crippen LogP contribution in [0.1, 0.15) is 67.7 Å². The molecule has 3 nitrogen and oxygen atoms in total. The molecular formula is C16H25N3S. The van der Waals surface area contributed by atoms with Crippen LogP contribution >= 0.6 is 11.3 Å². The molecule has 0 aliphatic heterocycles. The fraction of sp³-hybridized carbons (Fsp3) is 0.688. The Kier molecular flexibility index (Phi) is 4.73. The van der Waals surface area contributed by atoms with Gasteiger partial charge in [0.25, 0.3) is 0 Å². The van der Waals surface area contributed by atoms with E-state index in [1.165, 1.54) is 68.2 Å². The Morgan fingerprint density at radius 2 is 1.95 bits per heavy atom. The first-order chi connectivity index (χ1) is 9.88. The normalized spacial score (nSPS) is 25.1. The summed E-state index contributed by atoms with van der Waals surface area (Å²) in [5, 5.41) is 2.21. The lowest BCUT2D eigenvalue weighted by molar-refractivity contribution is 0.570. The number of nitrogens with zero attached hydrogens (tertiary/aromatic N) is 1. The third-order valence-electron chi connectivity index (χ3n) is 4.68. The molecule has 1 heterocycles. The van der Waals surface area contributed by atoms with Crippen LogP contribution in [-0.4, -0.2) is 11.9 Å². The zero-order valence-electron chi connectivity index (χ0n) is 12.1. The minimum absolute atomic E-state index is 0.401. The van der Waals surface area contributed by atoms with E-state index in [1.807, 2.05) is 11.3 Å². The number of nitrogens with one attached hydrogen (secondary N) is 1. The molecule has 4 heteroatoms. The van der Waals surface area contributed by atoms with Gasteiger partial charge in [-0.05, 0) is 49.1 Å². The molecule has 0 radical (unpaired) electrons. The second-order valence-corrected chi connectivity index (χ2v) is 7.05. The molecule has 1 atom stereocenters. The van der Waals surface area contributed by atoms with Crippen molar-refractivity contribution in [3.63, 3.8) is 0 Å². The molecule has 1 fully saturated rings. The van der Waals surface area contributed by atoms with Crippen LogP contribution in [0.5, 0.6) is 0 Å². The van der Waals surface area contributed by atoms with E-state index in [1.54, 1.807) is 0 Å². The smallest absolute Gasteiger partial charge is 0.118 e. The number of hydrazine groups is 1. The number of aryl methyl sites for hydroxylation is 1. The Morgan fingerprint density at radius 3 is 2.70 bits per heavy atom. The average molecular weight is 291 g/mol. The van der Waals surface area contributed by atoms with Crippen LogP contribution in [0.2, 0.25) is 0 Å². The van der Waals surface area contributed by atoms with Crippen LogP contribution in [0.15, 0.2) is 16.4 Å². The van der Waals surface area contributed by atoms with Crippen LogP contribution in [-0.2, 0) is 6.42 Å². The van der Waals surface area contributed by atoms with Crippen LogP contribution in [0, 0.1) is 0 Å². The van der Waals surface area contributed by atoms with Gasteiger partial charge in [0.15, 0.2) is 0 Å². The summed E-state index contributed by atoms with van der Waals surface area (Å²) in [7, 11) is 0. The zero-order valence-corrected chi connectivity index (χ0v) is 12.9. The standard InChI is InChI=1S/C16H25N3S/c17-19-16(18-12-6-3-1-2-4-7-12)14-8-5-9-15-13(14)10-11-20-15/h10-12,14H,1-9,17H2,(H,18,19). The van der Waals surface area contributed by atoms with Gasteiger partial charge in [0.1, 0.15) is 5.84 Å². The topological polar surface area (TPSA) is 50.4 Å². The minimum atomic E-state index is 0.401. The Morgan fingerprint density at radius 1 is 1.15 bits per heavy atom. The van der Waals surface area contributed by atoms with E-state index in [0.29, 0.717) is 12.0 Å². The van der Waals surface area contributed by atoms with Gasteiger partial charge in [-0.15, -0.1) is 11.3 Å². The number of hydrogen-bond donors (Lipinski definition) is 2. The van der Waals surface area contributed by atoms with E-state index in [-0.39, 0.29) is 0 Å². The molecule has 3 rings (SSSR count). The number of rotatable bonds is 2. The monoisotopic (exact) mass is 291 g/mol. The van der Waals surface area contributed by atoms with Crippen LogP contribution in [0.3, 0.4) is 0 Å². The van der Waals surface area contributed by atoms with Gasteiger partial charge >= 0.3 is 0 Å². The summed E-state index contributed by atoms with van der Waals surface area (Å²) in [6.45, 7) is 0. The van der Waals surface area contributed by atoms with Gasteiger partial charge < -0.3 is 5.43 Å². The molecule has 1 unspecified atom stereocenters. The largest absolute Gasteiger partial charge is 0.312 e. The molecule has 0 saturated heterocycles. The first-order valence-corrected chi connectivity index (χ1v) is 8.87. The van der Waals surface area contributed by atoms with Crippen LogP contribution in [0.25, 0.3) is 0 Å². The summed E-state index contributed by atoms with van der Waals surface area (Å²) < 4.78 is 0. The van der Waals surface area contributed by atoms with Crippen molar-refractivity contribution < 1.29 is 0 Å². The van der Waals surface area contributed by atoms with Gasteiger partial charge in [-0.2, -0.15) is 0 Å². The average Bonchev–Trinajstić information content (AvgIpc) is 2.81. The minimum Gasteiger partial charge on any atom is -0.312 e. The van der Waals surface area contributed by atoms with Crippen molar-refractivity contribution in [1.82, 2.24) is 5.43 Å². The molecule has 0 amide bonds. The van der Waals surface area contributed by atoms with Crippen molar-refractivity contribution in [3.05, 3.63) is 21.9 Å². The highest BCUT2D eigenvalue weighted by atomic mass is 32.1. The molecule has 0 bridgehead atoms. The van der Waals surface area contributed by atoms with Crippen molar-refractivity contribution in [1.29, 1.82) is 0 Å². The van der Waals surface area contributed by atoms with Gasteiger partial charge in [-0.1, -0.05) is 25.7 Å². The highest BCUT2D eigenvalue weighted by molar-refractivity contribution is 7.10. The van der Waals surface area contributed by atoms with E-state index >= 15 is 0 Å². The quantitative estimate of drug-likeness (QED) is 0.287. The maximum atomic E-state index is 5.81. The lowest BCUT2D eigenvalue weighted by Gasteiger charge is -2.25. The van der Waals surface area contributed by atoms with Gasteiger partial charge in [0.2, 0.25) is 0 Å². The highest BCUT2D eigenvalue weighted by Crippen LogP contribution is 2.35. The third kappa shape index (κ3) is 3.07. The molecule has 1 saturated carbocycles. The molecule has 2 aliphatic rings. The van der Waals surface area contributed by atoms with Crippen molar-refractivity contribution >= 4 is 17.2 Å². The number of fused-ring (bicyclic) bond motifs is 1. The predicted molar refractivity (Wildman–Crippen MR) is 86.2 cm³/mol. The molecular weight excluding hydrogens is 266 g/mol. The molecule has 0 spiro atoms. The lowest BCUT2D eigenvalue weighted by Crippen LogP contribution is -2.37. The molecule has 1 aromatic heterocycles. The Labute approximate surface area is 125 Å². The van der Waals surface area contributed by atoms with Gasteiger partial charge in [0, 0.05) is 10.8 Å². The summed E-state index contributed by atoms with van der Waals surface area (Å²) in [5.41, 5.74) is 4.39. The number of aliphatic imine (C=N–C) groups is 1. The predicted octanol–water partition coefficient (Wildman–Crippen LogP) is 3.75. The SMILES string of the molecule is NNC(=NC1CCCCCC1)C1CCCc2sccc21. The second kappa shape index (κ2) is 6.72. The molecule has 2 aliphatic carbocycles. The number of nitrogens with two attached hydrogens (primary N) is 1. The third-order valence-corrected chi connectivity index (χ3v) is 5.67. The zero-order chi connectivity index (χ0) is 13.8. The number of thiophene rings is 1. The summed E-state index contributed by atoms with van der Waals surface area (Å²) >= 11 is 1.88. The summed E-state index contributed by atoms with van der Waals surface area (Å²) in [5.74, 6) is 7.23. The maximum Gasteiger partial charge on any atom is 0.118 e. The van der Waals surface area contributed by atoms with Crippen molar-refractivity contribution in [2.24, 2.45) is 10.8 Å². The molecule has 3 N–H and O–H groups in total. The van der Waals surface area contributed by atoms with Gasteiger partial charge in [-0.3, -0.25) is 4.99 Å². The van der Waals surface area contributed by atoms with E-state index in [2.05, 4.69) is 16.9 Å². The van der Waals surface area contributed by atoms with E-state index < -0.39 is 0 Å². The molecule has 110 valence electrons. The van der Waals surface area contributed by atoms with Crippen molar-refractivity contribution in [2.45, 2.75) is 69.7 Å². The maximum absolute atomic E-state index is 5.81. The van der Waals surface area contributed by atoms with E-state index in [9.17, 15) is 0 Å². The second-order valence-electron chi connectivity index (χ2n) is 6.05. The summed E-state index contributed by atoms with van der Waals surface area (Å²) in [6, 6.07) is 2.75. The Bertz CT molecular complexity index is 458. The van der Waals surface area contributed by atoms with Gasteiger partial charge in [-0.25, -0.2) is 5.84 Å². The lowest BCUT2D eigenvalue weighted by atomic mass is 9.86. The number of amidine groups is 1. The molecule has 0 aromatic carbocycles. The van der Waals surface area contributed by atoms with Crippen LogP contribution < -0.4 is 11.3 Å². The summed E-state index contributed by atoms with van der Waals surface area (Å²) in [6.07, 6.45) is 11.5. The van der Waals surface area contributed by atoms with E-state index in [0.717, 1.165) is 5.84 Å². The first kappa shape index (κ1) is 14.1. The van der Waals surface area contributed by atoms with Crippen molar-refractivity contribution in [2.75, 3.05) is 0 Å². The Hall–Kier alpha value is -0.870. The fourth-order valence-electron chi connectivity index (χ4n) is 3.58. The fourth-order valence-corrected chi connectivity index (χ4v) is 4.57. The Balaban J connectivity index is 1.79. The first-order valence-electron chi connectivity index (χ1n) is 7.99. The van der Waals surface area contributed by atoms with Crippen molar-refractivity contribution in [3.8, 4) is 0 Å². The highest BCUT2D eigenvalue weighted by Gasteiger charge is 2.26. The van der Waals surface area contributed by atoms with E-state index in [4.69, 9.17) is 10.8 Å². The summed E-state index contributed by atoms with van der Waals surface area (Å²) in [4.78, 5) is 6.53. The van der Waals surface area contributed by atoms with Crippen LogP contribution in [0.4, 0.5) is 0 Å². The number of hydrogen-bond acceptors (Lipinski definition) is 3.